The van der Waals surface area contributed by atoms with E-state index >= 15 is 0 Å². The van der Waals surface area contributed by atoms with Crippen LogP contribution in [0.3, 0.4) is 0 Å². The van der Waals surface area contributed by atoms with Gasteiger partial charge in [-0.2, -0.15) is 0 Å². The number of aliphatic carboxylic acids is 1. The molecule has 1 amide bonds. The number of anilines is 1. The number of carboxylic acid groups (broad SMARTS) is 1. The van der Waals surface area contributed by atoms with Gasteiger partial charge >= 0.3 is 6.09 Å². The molecule has 20 heavy (non-hydrogen) atoms. The van der Waals surface area contributed by atoms with E-state index in [9.17, 15) is 14.7 Å². The SMILES string of the molecule is CC/C=C(\C(=O)[O-])c1csc(NC(=O)OC(C)(C)C)n1. The van der Waals surface area contributed by atoms with Crippen LogP contribution in [-0.4, -0.2) is 22.6 Å². The van der Waals surface area contributed by atoms with Crippen LogP contribution in [0.4, 0.5) is 9.93 Å². The van der Waals surface area contributed by atoms with E-state index in [1.54, 1.807) is 26.2 Å². The summed E-state index contributed by atoms with van der Waals surface area (Å²) in [5.74, 6) is -1.29. The summed E-state index contributed by atoms with van der Waals surface area (Å²) in [6.07, 6.45) is 1.44. The van der Waals surface area contributed by atoms with E-state index < -0.39 is 17.7 Å². The van der Waals surface area contributed by atoms with Crippen molar-refractivity contribution in [3.63, 3.8) is 0 Å². The minimum absolute atomic E-state index is 0.0148. The molecule has 0 aliphatic heterocycles. The molecule has 0 saturated heterocycles. The average Bonchev–Trinajstić information content (AvgIpc) is 2.70. The quantitative estimate of drug-likeness (QED) is 0.859. The van der Waals surface area contributed by atoms with Crippen molar-refractivity contribution in [3.8, 4) is 0 Å². The molecule has 110 valence electrons. The van der Waals surface area contributed by atoms with E-state index in [4.69, 9.17) is 4.74 Å². The number of carbonyl (C=O) groups is 2. The zero-order valence-electron chi connectivity index (χ0n) is 11.9. The summed E-state index contributed by atoms with van der Waals surface area (Å²) in [5.41, 5.74) is -0.327. The Morgan fingerprint density at radius 1 is 1.50 bits per heavy atom. The van der Waals surface area contributed by atoms with Crippen molar-refractivity contribution in [2.45, 2.75) is 39.7 Å². The molecule has 0 atom stereocenters. The molecule has 0 aliphatic rings. The summed E-state index contributed by atoms with van der Waals surface area (Å²) in [4.78, 5) is 26.6. The lowest BCUT2D eigenvalue weighted by atomic mass is 10.2. The molecular weight excluding hydrogens is 280 g/mol. The van der Waals surface area contributed by atoms with Crippen molar-refractivity contribution in [2.24, 2.45) is 0 Å². The number of aromatic nitrogens is 1. The summed E-state index contributed by atoms with van der Waals surface area (Å²) in [5, 5.41) is 15.3. The first-order valence-electron chi connectivity index (χ1n) is 6.10. The molecule has 7 heteroatoms. The molecule has 0 spiro atoms. The van der Waals surface area contributed by atoms with Gasteiger partial charge in [-0.15, -0.1) is 11.3 Å². The van der Waals surface area contributed by atoms with Gasteiger partial charge in [-0.25, -0.2) is 9.78 Å². The van der Waals surface area contributed by atoms with Gasteiger partial charge in [0.2, 0.25) is 0 Å². The highest BCUT2D eigenvalue weighted by molar-refractivity contribution is 7.14. The standard InChI is InChI=1S/C13H18N2O4S/c1-5-6-8(10(16)17)9-7-20-11(14-9)15-12(18)19-13(2,3)4/h6-7H,5H2,1-4H3,(H,16,17)(H,14,15,18)/p-1/b8-6-. The van der Waals surface area contributed by atoms with E-state index in [1.165, 1.54) is 6.08 Å². The number of thiazole rings is 1. The molecule has 1 N–H and O–H groups in total. The average molecular weight is 297 g/mol. The first-order chi connectivity index (χ1) is 9.23. The highest BCUT2D eigenvalue weighted by Crippen LogP contribution is 2.22. The van der Waals surface area contributed by atoms with Gasteiger partial charge in [-0.1, -0.05) is 13.0 Å². The number of hydrogen-bond donors (Lipinski definition) is 1. The van der Waals surface area contributed by atoms with Crippen molar-refractivity contribution in [3.05, 3.63) is 17.2 Å². The number of carboxylic acids is 1. The van der Waals surface area contributed by atoms with Crippen LogP contribution in [0.2, 0.25) is 0 Å². The van der Waals surface area contributed by atoms with Crippen LogP contribution >= 0.6 is 11.3 Å². The third kappa shape index (κ3) is 5.00. The van der Waals surface area contributed by atoms with E-state index in [1.807, 2.05) is 6.92 Å². The second kappa shape index (κ2) is 6.51. The molecule has 0 aromatic carbocycles. The largest absolute Gasteiger partial charge is 0.545 e. The van der Waals surface area contributed by atoms with Gasteiger partial charge in [-0.3, -0.25) is 5.32 Å². The first kappa shape index (κ1) is 16.2. The van der Waals surface area contributed by atoms with Crippen LogP contribution in [0, 0.1) is 0 Å². The Hall–Kier alpha value is -1.89. The molecule has 0 aliphatic carbocycles. The Morgan fingerprint density at radius 2 is 2.15 bits per heavy atom. The molecule has 0 radical (unpaired) electrons. The number of hydrogen-bond acceptors (Lipinski definition) is 6. The molecule has 0 unspecified atom stereocenters. The van der Waals surface area contributed by atoms with E-state index in [2.05, 4.69) is 10.3 Å². The molecule has 6 nitrogen and oxygen atoms in total. The fourth-order valence-corrected chi connectivity index (χ4v) is 2.04. The molecule has 1 heterocycles. The van der Waals surface area contributed by atoms with Gasteiger partial charge in [0.05, 0.1) is 11.7 Å². The fraction of sp³-hybridized carbons (Fsp3) is 0.462. The summed E-state index contributed by atoms with van der Waals surface area (Å²) in [6.45, 7) is 7.06. The van der Waals surface area contributed by atoms with Gasteiger partial charge in [0.25, 0.3) is 0 Å². The number of amides is 1. The van der Waals surface area contributed by atoms with Crippen LogP contribution in [0.25, 0.3) is 5.57 Å². The zero-order valence-corrected chi connectivity index (χ0v) is 12.7. The van der Waals surface area contributed by atoms with Crippen LogP contribution in [0.1, 0.15) is 39.8 Å². The number of allylic oxidation sites excluding steroid dienone is 1. The molecule has 0 saturated carbocycles. The number of ether oxygens (including phenoxy) is 1. The second-order valence-electron chi connectivity index (χ2n) is 4.98. The lowest BCUT2D eigenvalue weighted by molar-refractivity contribution is -0.295. The smallest absolute Gasteiger partial charge is 0.413 e. The van der Waals surface area contributed by atoms with Crippen molar-refractivity contribution < 1.29 is 19.4 Å². The Labute approximate surface area is 121 Å². The highest BCUT2D eigenvalue weighted by atomic mass is 32.1. The van der Waals surface area contributed by atoms with Crippen molar-refractivity contribution in [1.29, 1.82) is 0 Å². The second-order valence-corrected chi connectivity index (χ2v) is 5.84. The van der Waals surface area contributed by atoms with Crippen LogP contribution in [0.15, 0.2) is 11.5 Å². The Bertz CT molecular complexity index is 529. The number of nitrogens with one attached hydrogen (secondary N) is 1. The zero-order chi connectivity index (χ0) is 15.3. The van der Waals surface area contributed by atoms with Crippen LogP contribution in [-0.2, 0) is 9.53 Å². The predicted molar refractivity (Wildman–Crippen MR) is 75.2 cm³/mol. The molecule has 1 aromatic rings. The minimum Gasteiger partial charge on any atom is -0.545 e. The van der Waals surface area contributed by atoms with Gasteiger partial charge in [-0.05, 0) is 27.2 Å². The molecule has 0 bridgehead atoms. The lowest BCUT2D eigenvalue weighted by Crippen LogP contribution is -2.27. The van der Waals surface area contributed by atoms with E-state index in [0.29, 0.717) is 6.42 Å². The monoisotopic (exact) mass is 297 g/mol. The van der Waals surface area contributed by atoms with Gasteiger partial charge in [0.15, 0.2) is 5.13 Å². The van der Waals surface area contributed by atoms with Crippen LogP contribution < -0.4 is 10.4 Å². The van der Waals surface area contributed by atoms with Crippen LogP contribution in [0.5, 0.6) is 0 Å². The van der Waals surface area contributed by atoms with Gasteiger partial charge in [0.1, 0.15) is 5.60 Å². The maximum Gasteiger partial charge on any atom is 0.413 e. The number of rotatable bonds is 4. The minimum atomic E-state index is -1.29. The van der Waals surface area contributed by atoms with Crippen molar-refractivity contribution >= 4 is 34.1 Å². The normalized spacial score (nSPS) is 12.1. The summed E-state index contributed by atoms with van der Waals surface area (Å²) in [6, 6.07) is 0. The Morgan fingerprint density at radius 3 is 2.65 bits per heavy atom. The summed E-state index contributed by atoms with van der Waals surface area (Å²) >= 11 is 1.12. The maximum atomic E-state index is 11.6. The highest BCUT2D eigenvalue weighted by Gasteiger charge is 2.17. The van der Waals surface area contributed by atoms with Gasteiger partial charge in [0, 0.05) is 11.0 Å². The molecular formula is C13H17N2O4S-. The fourth-order valence-electron chi connectivity index (χ4n) is 1.34. The molecule has 0 fully saturated rings. The van der Waals surface area contributed by atoms with Gasteiger partial charge < -0.3 is 14.6 Å². The maximum absolute atomic E-state index is 11.6. The Kier molecular flexibility index (Phi) is 5.26. The number of nitrogens with zero attached hydrogens (tertiary/aromatic N) is 1. The summed E-state index contributed by atoms with van der Waals surface area (Å²) in [7, 11) is 0. The third-order valence-corrected chi connectivity index (χ3v) is 2.77. The van der Waals surface area contributed by atoms with E-state index in [-0.39, 0.29) is 16.4 Å². The third-order valence-electron chi connectivity index (χ3n) is 2.02. The van der Waals surface area contributed by atoms with Crippen molar-refractivity contribution in [2.75, 3.05) is 5.32 Å². The van der Waals surface area contributed by atoms with Crippen molar-refractivity contribution in [1.82, 2.24) is 4.98 Å². The lowest BCUT2D eigenvalue weighted by Gasteiger charge is -2.18. The summed E-state index contributed by atoms with van der Waals surface area (Å²) < 4.78 is 5.08. The topological polar surface area (TPSA) is 91.3 Å². The number of carbonyl (C=O) groups excluding carboxylic acids is 2. The first-order valence-corrected chi connectivity index (χ1v) is 6.98. The predicted octanol–water partition coefficient (Wildman–Crippen LogP) is 2.03. The Balaban J connectivity index is 2.80. The molecule has 1 rings (SSSR count). The molecule has 1 aromatic heterocycles. The van der Waals surface area contributed by atoms with E-state index in [0.717, 1.165) is 11.3 Å².